The van der Waals surface area contributed by atoms with Crippen molar-refractivity contribution in [1.29, 1.82) is 0 Å². The van der Waals surface area contributed by atoms with Crippen molar-refractivity contribution in [3.8, 4) is 10.4 Å². The van der Waals surface area contributed by atoms with Gasteiger partial charge < -0.3 is 5.32 Å². The molecule has 16 heavy (non-hydrogen) atoms. The molecule has 0 saturated heterocycles. The fourth-order valence-corrected chi connectivity index (χ4v) is 2.44. The van der Waals surface area contributed by atoms with Crippen molar-refractivity contribution in [3.05, 3.63) is 46.8 Å². The Kier molecular flexibility index (Phi) is 3.31. The summed E-state index contributed by atoms with van der Waals surface area (Å²) < 4.78 is 26.2. The van der Waals surface area contributed by atoms with Crippen LogP contribution in [0, 0.1) is 11.6 Å². The lowest BCUT2D eigenvalue weighted by Gasteiger charge is -1.99. The summed E-state index contributed by atoms with van der Waals surface area (Å²) in [6.07, 6.45) is 0. The van der Waals surface area contributed by atoms with Gasteiger partial charge in [-0.15, -0.1) is 11.3 Å². The molecule has 0 aliphatic carbocycles. The average Bonchev–Trinajstić information content (AvgIpc) is 2.67. The Balaban J connectivity index is 2.35. The summed E-state index contributed by atoms with van der Waals surface area (Å²) in [5, 5.41) is 4.99. The zero-order valence-corrected chi connectivity index (χ0v) is 9.57. The predicted octanol–water partition coefficient (Wildman–Crippen LogP) is 3.41. The molecule has 0 aliphatic heterocycles. The van der Waals surface area contributed by atoms with E-state index in [9.17, 15) is 8.78 Å². The minimum atomic E-state index is -0.548. The minimum absolute atomic E-state index is 0.453. The second-order valence-electron chi connectivity index (χ2n) is 3.47. The third-order valence-corrected chi connectivity index (χ3v) is 3.24. The first-order valence-electron chi connectivity index (χ1n) is 4.88. The van der Waals surface area contributed by atoms with Crippen molar-refractivity contribution < 1.29 is 8.78 Å². The zero-order valence-electron chi connectivity index (χ0n) is 8.76. The summed E-state index contributed by atoms with van der Waals surface area (Å²) in [6, 6.07) is 5.57. The van der Waals surface area contributed by atoms with Crippen LogP contribution in [0.5, 0.6) is 0 Å². The van der Waals surface area contributed by atoms with Gasteiger partial charge in [0.25, 0.3) is 0 Å². The van der Waals surface area contributed by atoms with Gasteiger partial charge in [0.15, 0.2) is 0 Å². The minimum Gasteiger partial charge on any atom is -0.316 e. The Morgan fingerprint density at radius 3 is 2.75 bits per heavy atom. The van der Waals surface area contributed by atoms with Gasteiger partial charge in [-0.3, -0.25) is 0 Å². The summed E-state index contributed by atoms with van der Waals surface area (Å²) in [7, 11) is 1.86. The van der Waals surface area contributed by atoms with Crippen molar-refractivity contribution in [2.75, 3.05) is 7.05 Å². The monoisotopic (exact) mass is 239 g/mol. The Hall–Kier alpha value is -1.26. The molecule has 0 radical (unpaired) electrons. The highest BCUT2D eigenvalue weighted by Crippen LogP contribution is 2.29. The molecule has 1 aromatic heterocycles. The molecule has 2 rings (SSSR count). The third-order valence-electron chi connectivity index (χ3n) is 2.23. The lowest BCUT2D eigenvalue weighted by atomic mass is 10.1. The molecule has 2 aromatic rings. The molecule has 0 saturated carbocycles. The van der Waals surface area contributed by atoms with E-state index >= 15 is 0 Å². The molecule has 0 atom stereocenters. The first-order valence-corrected chi connectivity index (χ1v) is 5.76. The Labute approximate surface area is 96.7 Å². The molecule has 0 fully saturated rings. The molecule has 0 aliphatic rings. The van der Waals surface area contributed by atoms with Crippen LogP contribution in [0.1, 0.15) is 5.56 Å². The van der Waals surface area contributed by atoms with E-state index in [1.165, 1.54) is 23.5 Å². The van der Waals surface area contributed by atoms with E-state index in [0.717, 1.165) is 23.1 Å². The Morgan fingerprint density at radius 2 is 2.06 bits per heavy atom. The van der Waals surface area contributed by atoms with E-state index in [0.29, 0.717) is 5.56 Å². The van der Waals surface area contributed by atoms with Gasteiger partial charge in [-0.25, -0.2) is 8.78 Å². The van der Waals surface area contributed by atoms with Gasteiger partial charge >= 0.3 is 0 Å². The van der Waals surface area contributed by atoms with Crippen LogP contribution >= 0.6 is 11.3 Å². The summed E-state index contributed by atoms with van der Waals surface area (Å²) in [6.45, 7) is 0.749. The van der Waals surface area contributed by atoms with E-state index in [1.54, 1.807) is 0 Å². The van der Waals surface area contributed by atoms with Crippen LogP contribution in [0.4, 0.5) is 8.78 Å². The molecule has 84 valence electrons. The van der Waals surface area contributed by atoms with Gasteiger partial charge in [-0.05, 0) is 36.2 Å². The summed E-state index contributed by atoms with van der Waals surface area (Å²) in [4.78, 5) is 0.822. The highest BCUT2D eigenvalue weighted by molar-refractivity contribution is 7.13. The standard InChI is InChI=1S/C12H11F2NS/c1-15-6-8-4-12(16-7-8)10-3-2-9(13)5-11(10)14/h2-5,7,15H,6H2,1H3. The van der Waals surface area contributed by atoms with Crippen LogP contribution in [0.3, 0.4) is 0 Å². The van der Waals surface area contributed by atoms with Gasteiger partial charge in [0.1, 0.15) is 11.6 Å². The predicted molar refractivity (Wildman–Crippen MR) is 62.4 cm³/mol. The van der Waals surface area contributed by atoms with E-state index in [2.05, 4.69) is 5.32 Å². The summed E-state index contributed by atoms with van der Waals surface area (Å²) >= 11 is 1.46. The van der Waals surface area contributed by atoms with E-state index in [4.69, 9.17) is 0 Å². The molecule has 0 bridgehead atoms. The fraction of sp³-hybridized carbons (Fsp3) is 0.167. The number of benzene rings is 1. The topological polar surface area (TPSA) is 12.0 Å². The maximum atomic E-state index is 13.5. The van der Waals surface area contributed by atoms with E-state index in [-0.39, 0.29) is 0 Å². The van der Waals surface area contributed by atoms with Crippen molar-refractivity contribution in [2.45, 2.75) is 6.54 Å². The molecule has 0 amide bonds. The van der Waals surface area contributed by atoms with Crippen molar-refractivity contribution in [2.24, 2.45) is 0 Å². The molecule has 4 heteroatoms. The molecular weight excluding hydrogens is 228 g/mol. The van der Waals surface area contributed by atoms with Crippen LogP contribution < -0.4 is 5.32 Å². The lowest BCUT2D eigenvalue weighted by Crippen LogP contribution is -2.03. The van der Waals surface area contributed by atoms with E-state index < -0.39 is 11.6 Å². The van der Waals surface area contributed by atoms with Gasteiger partial charge in [0, 0.05) is 23.1 Å². The highest BCUT2D eigenvalue weighted by Gasteiger charge is 2.08. The fourth-order valence-electron chi connectivity index (χ4n) is 1.50. The van der Waals surface area contributed by atoms with E-state index in [1.807, 2.05) is 18.5 Å². The highest BCUT2D eigenvalue weighted by atomic mass is 32.1. The maximum Gasteiger partial charge on any atom is 0.134 e. The largest absolute Gasteiger partial charge is 0.316 e. The SMILES string of the molecule is CNCc1csc(-c2ccc(F)cc2F)c1. The van der Waals surface area contributed by atoms with Crippen LogP contribution in [0.25, 0.3) is 10.4 Å². The first-order chi connectivity index (χ1) is 7.70. The van der Waals surface area contributed by atoms with Gasteiger partial charge in [0.2, 0.25) is 0 Å². The third kappa shape index (κ3) is 2.28. The zero-order chi connectivity index (χ0) is 11.5. The lowest BCUT2D eigenvalue weighted by molar-refractivity contribution is 0.586. The number of hydrogen-bond acceptors (Lipinski definition) is 2. The van der Waals surface area contributed by atoms with Crippen LogP contribution in [-0.2, 0) is 6.54 Å². The molecule has 0 unspecified atom stereocenters. The van der Waals surface area contributed by atoms with Gasteiger partial charge in [-0.2, -0.15) is 0 Å². The van der Waals surface area contributed by atoms with Crippen LogP contribution in [0.15, 0.2) is 29.6 Å². The first kappa shape index (κ1) is 11.2. The second-order valence-corrected chi connectivity index (χ2v) is 4.38. The molecule has 1 heterocycles. The smallest absolute Gasteiger partial charge is 0.134 e. The number of nitrogens with one attached hydrogen (secondary N) is 1. The molecule has 0 spiro atoms. The molecule has 1 nitrogen and oxygen atoms in total. The van der Waals surface area contributed by atoms with Crippen LogP contribution in [-0.4, -0.2) is 7.05 Å². The van der Waals surface area contributed by atoms with Gasteiger partial charge in [-0.1, -0.05) is 0 Å². The number of halogens is 2. The molecule has 1 aromatic carbocycles. The number of hydrogen-bond donors (Lipinski definition) is 1. The maximum absolute atomic E-state index is 13.5. The van der Waals surface area contributed by atoms with Crippen molar-refractivity contribution in [3.63, 3.8) is 0 Å². The number of thiophene rings is 1. The average molecular weight is 239 g/mol. The number of rotatable bonds is 3. The van der Waals surface area contributed by atoms with Crippen LogP contribution in [0.2, 0.25) is 0 Å². The Morgan fingerprint density at radius 1 is 1.25 bits per heavy atom. The Bertz CT molecular complexity index is 494. The second kappa shape index (κ2) is 4.72. The summed E-state index contributed by atoms with van der Waals surface area (Å²) in [5.41, 5.74) is 1.56. The quantitative estimate of drug-likeness (QED) is 0.865. The molecule has 1 N–H and O–H groups in total. The molecular formula is C12H11F2NS. The summed E-state index contributed by atoms with van der Waals surface area (Å²) in [5.74, 6) is -1.06. The van der Waals surface area contributed by atoms with Crippen molar-refractivity contribution >= 4 is 11.3 Å². The van der Waals surface area contributed by atoms with Gasteiger partial charge in [0.05, 0.1) is 0 Å². The van der Waals surface area contributed by atoms with Crippen molar-refractivity contribution in [1.82, 2.24) is 5.32 Å². The normalized spacial score (nSPS) is 10.7.